The van der Waals surface area contributed by atoms with Crippen LogP contribution in [0.1, 0.15) is 41.0 Å². The van der Waals surface area contributed by atoms with E-state index in [4.69, 9.17) is 13.5 Å². The van der Waals surface area contributed by atoms with Crippen molar-refractivity contribution in [1.29, 1.82) is 0 Å². The number of hydrogen-bond acceptors (Lipinski definition) is 4. The molecule has 4 nitrogen and oxygen atoms in total. The Morgan fingerprint density at radius 2 is 1.68 bits per heavy atom. The van der Waals surface area contributed by atoms with Crippen molar-refractivity contribution >= 4 is 15.9 Å². The summed E-state index contributed by atoms with van der Waals surface area (Å²) in [5.74, 6) is 1.49. The van der Waals surface area contributed by atoms with E-state index in [1.165, 1.54) is 5.82 Å². The lowest BCUT2D eigenvalue weighted by Gasteiger charge is -2.36. The number of rotatable bonds is 10. The molecule has 0 heterocycles. The van der Waals surface area contributed by atoms with Crippen molar-refractivity contribution in [2.75, 3.05) is 19.8 Å². The Kier molecular flexibility index (Phi) is 9.11. The van der Waals surface area contributed by atoms with Gasteiger partial charge in [0.25, 0.3) is 0 Å². The summed E-state index contributed by atoms with van der Waals surface area (Å²) in [6.45, 7) is 20.0. The highest BCUT2D eigenvalue weighted by atomic mass is 31.2. The highest BCUT2D eigenvalue weighted by molar-refractivity contribution is 7.57. The molecule has 0 radical (unpaired) electrons. The van der Waals surface area contributed by atoms with Gasteiger partial charge in [0.2, 0.25) is 0 Å². The SMILES string of the molecule is C=C(/C=C/P(=O)(OCC)OCC)CCO[Si](C)(C)C(C)(C)C. The Balaban J connectivity index is 4.46. The van der Waals surface area contributed by atoms with Crippen LogP contribution in [0.5, 0.6) is 0 Å². The van der Waals surface area contributed by atoms with Crippen LogP contribution < -0.4 is 0 Å². The summed E-state index contributed by atoms with van der Waals surface area (Å²) >= 11 is 0. The van der Waals surface area contributed by atoms with Crippen LogP contribution in [0.15, 0.2) is 24.0 Å². The van der Waals surface area contributed by atoms with Crippen molar-refractivity contribution in [3.05, 3.63) is 24.0 Å². The van der Waals surface area contributed by atoms with E-state index < -0.39 is 15.9 Å². The lowest BCUT2D eigenvalue weighted by Crippen LogP contribution is -2.40. The molecular formula is C16H33O4PSi. The third-order valence-electron chi connectivity index (χ3n) is 3.80. The van der Waals surface area contributed by atoms with Crippen molar-refractivity contribution in [3.63, 3.8) is 0 Å². The van der Waals surface area contributed by atoms with Gasteiger partial charge in [0, 0.05) is 12.4 Å². The summed E-state index contributed by atoms with van der Waals surface area (Å²) in [7, 11) is -4.86. The second-order valence-corrected chi connectivity index (χ2v) is 13.4. The molecule has 0 aliphatic rings. The maximum Gasteiger partial charge on any atom is 0.354 e. The zero-order chi connectivity index (χ0) is 17.4. The van der Waals surface area contributed by atoms with E-state index >= 15 is 0 Å². The van der Waals surface area contributed by atoms with Crippen molar-refractivity contribution < 1.29 is 18.0 Å². The highest BCUT2D eigenvalue weighted by Gasteiger charge is 2.36. The fraction of sp³-hybridized carbons (Fsp3) is 0.750. The highest BCUT2D eigenvalue weighted by Crippen LogP contribution is 2.49. The molecule has 0 saturated heterocycles. The maximum atomic E-state index is 12.3. The van der Waals surface area contributed by atoms with Gasteiger partial charge in [-0.3, -0.25) is 4.57 Å². The van der Waals surface area contributed by atoms with Gasteiger partial charge in [-0.2, -0.15) is 0 Å². The lowest BCUT2D eigenvalue weighted by molar-refractivity contribution is 0.229. The van der Waals surface area contributed by atoms with Gasteiger partial charge >= 0.3 is 7.60 Å². The topological polar surface area (TPSA) is 44.8 Å². The van der Waals surface area contributed by atoms with Gasteiger partial charge in [-0.05, 0) is 38.4 Å². The molecule has 130 valence electrons. The van der Waals surface area contributed by atoms with Crippen molar-refractivity contribution in [2.24, 2.45) is 0 Å². The Morgan fingerprint density at radius 3 is 2.09 bits per heavy atom. The summed E-state index contributed by atoms with van der Waals surface area (Å²) in [5, 5.41) is 0.198. The average molecular weight is 348 g/mol. The molecule has 0 fully saturated rings. The minimum Gasteiger partial charge on any atom is -0.416 e. The smallest absolute Gasteiger partial charge is 0.354 e. The predicted molar refractivity (Wildman–Crippen MR) is 96.9 cm³/mol. The molecule has 0 rings (SSSR count). The quantitative estimate of drug-likeness (QED) is 0.287. The van der Waals surface area contributed by atoms with E-state index in [1.807, 2.05) is 0 Å². The minimum absolute atomic E-state index is 0.198. The molecule has 0 aliphatic carbocycles. The molecule has 0 aliphatic heterocycles. The molecule has 0 saturated carbocycles. The van der Waals surface area contributed by atoms with E-state index in [0.29, 0.717) is 26.2 Å². The summed E-state index contributed by atoms with van der Waals surface area (Å²) in [5.41, 5.74) is 0.860. The third kappa shape index (κ3) is 7.89. The zero-order valence-electron chi connectivity index (χ0n) is 15.3. The van der Waals surface area contributed by atoms with E-state index in [0.717, 1.165) is 5.57 Å². The summed E-state index contributed by atoms with van der Waals surface area (Å²) in [6, 6.07) is 0. The second-order valence-electron chi connectivity index (χ2n) is 6.71. The van der Waals surface area contributed by atoms with Gasteiger partial charge < -0.3 is 13.5 Å². The Morgan fingerprint density at radius 1 is 1.18 bits per heavy atom. The first-order valence-corrected chi connectivity index (χ1v) is 12.4. The number of hydrogen-bond donors (Lipinski definition) is 0. The third-order valence-corrected chi connectivity index (χ3v) is 10.1. The average Bonchev–Trinajstić information content (AvgIpc) is 2.35. The Labute approximate surface area is 137 Å². The largest absolute Gasteiger partial charge is 0.416 e. The normalized spacial score (nSPS) is 13.8. The summed E-state index contributed by atoms with van der Waals surface area (Å²) in [6.07, 6.45) is 2.43. The molecular weight excluding hydrogens is 315 g/mol. The van der Waals surface area contributed by atoms with Crippen molar-refractivity contribution in [1.82, 2.24) is 0 Å². The van der Waals surface area contributed by atoms with Gasteiger partial charge in [0.15, 0.2) is 8.32 Å². The van der Waals surface area contributed by atoms with Crippen molar-refractivity contribution in [2.45, 2.75) is 59.2 Å². The van der Waals surface area contributed by atoms with Crippen LogP contribution in [0.4, 0.5) is 0 Å². The van der Waals surface area contributed by atoms with Gasteiger partial charge in [0.1, 0.15) is 0 Å². The second kappa shape index (κ2) is 9.19. The first kappa shape index (κ1) is 21.8. The summed E-state index contributed by atoms with van der Waals surface area (Å²) < 4.78 is 28.8. The maximum absolute atomic E-state index is 12.3. The van der Waals surface area contributed by atoms with Crippen LogP contribution in [0.2, 0.25) is 18.1 Å². The van der Waals surface area contributed by atoms with Gasteiger partial charge in [-0.25, -0.2) is 0 Å². The molecule has 0 aromatic rings. The van der Waals surface area contributed by atoms with Crippen LogP contribution in [0.3, 0.4) is 0 Å². The lowest BCUT2D eigenvalue weighted by atomic mass is 10.2. The first-order chi connectivity index (χ1) is 9.97. The summed E-state index contributed by atoms with van der Waals surface area (Å²) in [4.78, 5) is 0. The fourth-order valence-corrected chi connectivity index (χ4v) is 3.82. The minimum atomic E-state index is -3.14. The molecule has 0 spiro atoms. The van der Waals surface area contributed by atoms with E-state index in [2.05, 4.69) is 40.4 Å². The molecule has 0 unspecified atom stereocenters. The molecule has 0 amide bonds. The molecule has 0 aromatic carbocycles. The fourth-order valence-electron chi connectivity index (χ4n) is 1.42. The van der Waals surface area contributed by atoms with E-state index in [9.17, 15) is 4.57 Å². The molecule has 6 heteroatoms. The predicted octanol–water partition coefficient (Wildman–Crippen LogP) is 5.73. The van der Waals surface area contributed by atoms with E-state index in [-0.39, 0.29) is 5.04 Å². The standard InChI is InChI=1S/C16H33O4PSi/c1-9-18-21(17,19-10-2)14-12-15(3)11-13-20-22(7,8)16(4,5)6/h12,14H,3,9-11,13H2,1-2,4-8H3/b14-12+. The van der Waals surface area contributed by atoms with Crippen LogP contribution in [0, 0.1) is 0 Å². The van der Waals surface area contributed by atoms with Gasteiger partial charge in [0.05, 0.1) is 13.2 Å². The number of allylic oxidation sites excluding steroid dienone is 1. The van der Waals surface area contributed by atoms with Crippen molar-refractivity contribution in [3.8, 4) is 0 Å². The van der Waals surface area contributed by atoms with E-state index in [1.54, 1.807) is 19.9 Å². The van der Waals surface area contributed by atoms with Crippen LogP contribution in [-0.4, -0.2) is 28.1 Å². The van der Waals surface area contributed by atoms with Crippen LogP contribution >= 0.6 is 7.60 Å². The van der Waals surface area contributed by atoms with Crippen LogP contribution in [-0.2, 0) is 18.0 Å². The molecule has 22 heavy (non-hydrogen) atoms. The van der Waals surface area contributed by atoms with Gasteiger partial charge in [-0.15, -0.1) is 0 Å². The zero-order valence-corrected chi connectivity index (χ0v) is 17.2. The molecule has 0 bridgehead atoms. The Bertz CT molecular complexity index is 414. The monoisotopic (exact) mass is 348 g/mol. The Hall–Kier alpha value is -0.193. The molecule has 0 N–H and O–H groups in total. The molecule has 0 atom stereocenters. The van der Waals surface area contributed by atoms with Crippen LogP contribution in [0.25, 0.3) is 0 Å². The molecule has 0 aromatic heterocycles. The first-order valence-electron chi connectivity index (χ1n) is 7.87. The van der Waals surface area contributed by atoms with Gasteiger partial charge in [-0.1, -0.05) is 39.0 Å².